The number of rotatable bonds is 4. The first-order chi connectivity index (χ1) is 9.11. The number of carbonyl (C=O) groups is 2. The van der Waals surface area contributed by atoms with Gasteiger partial charge in [0.1, 0.15) is 6.04 Å². The van der Waals surface area contributed by atoms with Crippen LogP contribution in [0.2, 0.25) is 0 Å². The molecule has 2 rings (SSSR count). The highest BCUT2D eigenvalue weighted by Crippen LogP contribution is 2.19. The van der Waals surface area contributed by atoms with Crippen LogP contribution >= 0.6 is 0 Å². The van der Waals surface area contributed by atoms with Crippen LogP contribution in [-0.4, -0.2) is 41.3 Å². The van der Waals surface area contributed by atoms with Gasteiger partial charge in [0.25, 0.3) is 5.91 Å². The highest BCUT2D eigenvalue weighted by molar-refractivity contribution is 6.01. The Balaban J connectivity index is 2.06. The zero-order valence-corrected chi connectivity index (χ0v) is 11.1. The van der Waals surface area contributed by atoms with E-state index < -0.39 is 0 Å². The second kappa shape index (κ2) is 5.69. The maximum absolute atomic E-state index is 12.0. The van der Waals surface area contributed by atoms with E-state index in [4.69, 9.17) is 0 Å². The number of hydrogen-bond donors (Lipinski definition) is 2. The molecular formula is C13H18N4O2. The number of likely N-dealkylation sites (N-methyl/N-ethyl adjacent to an activating group) is 1. The summed E-state index contributed by atoms with van der Waals surface area (Å²) in [4.78, 5) is 28.6. The molecule has 2 amide bonds. The maximum atomic E-state index is 12.0. The minimum Gasteiger partial charge on any atom is -0.384 e. The van der Waals surface area contributed by atoms with E-state index >= 15 is 0 Å². The van der Waals surface area contributed by atoms with Crippen LogP contribution in [0.1, 0.15) is 19.8 Å². The average Bonchev–Trinajstić information content (AvgIpc) is 2.40. The van der Waals surface area contributed by atoms with Gasteiger partial charge in [-0.2, -0.15) is 0 Å². The predicted octanol–water partition coefficient (Wildman–Crippen LogP) is 1.07. The van der Waals surface area contributed by atoms with Crippen LogP contribution in [-0.2, 0) is 9.59 Å². The smallest absolute Gasteiger partial charge is 0.251 e. The molecule has 0 aliphatic carbocycles. The predicted molar refractivity (Wildman–Crippen MR) is 72.8 cm³/mol. The molecule has 1 aliphatic rings. The molecule has 6 nitrogen and oxygen atoms in total. The minimum absolute atomic E-state index is 0.123. The molecule has 102 valence electrons. The SMILES string of the molecule is CCNc1cncc(NC2CCC(=O)N(C)C2=O)c1. The fourth-order valence-electron chi connectivity index (χ4n) is 2.07. The Hall–Kier alpha value is -2.11. The number of amides is 2. The normalized spacial score (nSPS) is 19.5. The summed E-state index contributed by atoms with van der Waals surface area (Å²) in [7, 11) is 1.52. The van der Waals surface area contributed by atoms with Crippen LogP contribution in [0.15, 0.2) is 18.5 Å². The van der Waals surface area contributed by atoms with Gasteiger partial charge in [0.05, 0.1) is 23.8 Å². The summed E-state index contributed by atoms with van der Waals surface area (Å²) in [6.45, 7) is 2.82. The van der Waals surface area contributed by atoms with Crippen molar-refractivity contribution in [1.29, 1.82) is 0 Å². The summed E-state index contributed by atoms with van der Waals surface area (Å²) < 4.78 is 0. The van der Waals surface area contributed by atoms with Gasteiger partial charge >= 0.3 is 0 Å². The lowest BCUT2D eigenvalue weighted by atomic mass is 10.0. The Bertz CT molecular complexity index is 489. The summed E-state index contributed by atoms with van der Waals surface area (Å²) in [5, 5.41) is 6.29. The monoisotopic (exact) mass is 262 g/mol. The number of imide groups is 1. The molecule has 0 bridgehead atoms. The van der Waals surface area contributed by atoms with Crippen molar-refractivity contribution in [3.05, 3.63) is 18.5 Å². The summed E-state index contributed by atoms with van der Waals surface area (Å²) in [5.74, 6) is -0.312. The molecule has 1 atom stereocenters. The van der Waals surface area contributed by atoms with Gasteiger partial charge in [-0.3, -0.25) is 19.5 Å². The van der Waals surface area contributed by atoms with Crippen LogP contribution in [0.25, 0.3) is 0 Å². The van der Waals surface area contributed by atoms with Gasteiger partial charge in [-0.15, -0.1) is 0 Å². The second-order valence-electron chi connectivity index (χ2n) is 4.52. The van der Waals surface area contributed by atoms with Crippen molar-refractivity contribution >= 4 is 23.2 Å². The zero-order valence-electron chi connectivity index (χ0n) is 11.1. The van der Waals surface area contributed by atoms with Gasteiger partial charge in [0.15, 0.2) is 0 Å². The molecule has 6 heteroatoms. The number of nitrogens with zero attached hydrogens (tertiary/aromatic N) is 2. The summed E-state index contributed by atoms with van der Waals surface area (Å²) in [6.07, 6.45) is 4.31. The summed E-state index contributed by atoms with van der Waals surface area (Å²) in [6, 6.07) is 1.54. The molecule has 1 saturated heterocycles. The lowest BCUT2D eigenvalue weighted by molar-refractivity contribution is -0.146. The number of hydrogen-bond acceptors (Lipinski definition) is 5. The van der Waals surface area contributed by atoms with E-state index in [1.807, 2.05) is 13.0 Å². The van der Waals surface area contributed by atoms with E-state index in [0.29, 0.717) is 12.8 Å². The van der Waals surface area contributed by atoms with Gasteiger partial charge in [-0.05, 0) is 19.4 Å². The number of carbonyl (C=O) groups excluding carboxylic acids is 2. The van der Waals surface area contributed by atoms with Crippen molar-refractivity contribution in [2.75, 3.05) is 24.2 Å². The molecule has 1 unspecified atom stereocenters. The van der Waals surface area contributed by atoms with Gasteiger partial charge in [0.2, 0.25) is 5.91 Å². The third-order valence-electron chi connectivity index (χ3n) is 3.11. The van der Waals surface area contributed by atoms with Crippen molar-refractivity contribution in [2.24, 2.45) is 0 Å². The van der Waals surface area contributed by atoms with Crippen LogP contribution in [0.5, 0.6) is 0 Å². The van der Waals surface area contributed by atoms with E-state index in [-0.39, 0.29) is 17.9 Å². The standard InChI is InChI=1S/C13H18N4O2/c1-3-15-9-6-10(8-14-7-9)16-11-4-5-12(18)17(2)13(11)19/h6-8,11,15-16H,3-5H2,1-2H3. The molecular weight excluding hydrogens is 244 g/mol. The minimum atomic E-state index is -0.360. The van der Waals surface area contributed by atoms with Crippen LogP contribution < -0.4 is 10.6 Å². The number of aromatic nitrogens is 1. The van der Waals surface area contributed by atoms with E-state index in [1.165, 1.54) is 11.9 Å². The Labute approximate surface area is 112 Å². The van der Waals surface area contributed by atoms with Crippen molar-refractivity contribution in [3.63, 3.8) is 0 Å². The number of likely N-dealkylation sites (tertiary alicyclic amines) is 1. The number of piperidine rings is 1. The van der Waals surface area contributed by atoms with E-state index in [9.17, 15) is 9.59 Å². The first-order valence-corrected chi connectivity index (χ1v) is 6.37. The zero-order chi connectivity index (χ0) is 13.8. The largest absolute Gasteiger partial charge is 0.384 e. The topological polar surface area (TPSA) is 74.3 Å². The second-order valence-corrected chi connectivity index (χ2v) is 4.52. The lowest BCUT2D eigenvalue weighted by Crippen LogP contribution is -2.48. The van der Waals surface area contributed by atoms with Gasteiger partial charge in [0, 0.05) is 20.0 Å². The molecule has 19 heavy (non-hydrogen) atoms. The van der Waals surface area contributed by atoms with Gasteiger partial charge in [-0.25, -0.2) is 0 Å². The Kier molecular flexibility index (Phi) is 3.99. The quantitative estimate of drug-likeness (QED) is 0.794. The first kappa shape index (κ1) is 13.3. The fraction of sp³-hybridized carbons (Fsp3) is 0.462. The van der Waals surface area contributed by atoms with Crippen molar-refractivity contribution in [2.45, 2.75) is 25.8 Å². The molecule has 2 heterocycles. The maximum Gasteiger partial charge on any atom is 0.251 e. The fourth-order valence-corrected chi connectivity index (χ4v) is 2.07. The Morgan fingerprint density at radius 1 is 1.37 bits per heavy atom. The Morgan fingerprint density at radius 2 is 2.11 bits per heavy atom. The van der Waals surface area contributed by atoms with E-state index in [2.05, 4.69) is 15.6 Å². The molecule has 1 aromatic heterocycles. The van der Waals surface area contributed by atoms with Gasteiger partial charge in [-0.1, -0.05) is 0 Å². The molecule has 1 aromatic rings. The van der Waals surface area contributed by atoms with Gasteiger partial charge < -0.3 is 10.6 Å². The molecule has 1 fully saturated rings. The number of pyridine rings is 1. The van der Waals surface area contributed by atoms with Crippen LogP contribution in [0.3, 0.4) is 0 Å². The van der Waals surface area contributed by atoms with Crippen LogP contribution in [0, 0.1) is 0 Å². The highest BCUT2D eigenvalue weighted by atomic mass is 16.2. The van der Waals surface area contributed by atoms with Crippen molar-refractivity contribution in [1.82, 2.24) is 9.88 Å². The Morgan fingerprint density at radius 3 is 2.84 bits per heavy atom. The van der Waals surface area contributed by atoms with Crippen molar-refractivity contribution in [3.8, 4) is 0 Å². The summed E-state index contributed by atoms with van der Waals surface area (Å²) >= 11 is 0. The molecule has 0 saturated carbocycles. The highest BCUT2D eigenvalue weighted by Gasteiger charge is 2.31. The molecule has 2 N–H and O–H groups in total. The number of nitrogens with one attached hydrogen (secondary N) is 2. The third kappa shape index (κ3) is 3.01. The number of anilines is 2. The molecule has 1 aliphatic heterocycles. The van der Waals surface area contributed by atoms with Crippen LogP contribution in [0.4, 0.5) is 11.4 Å². The van der Waals surface area contributed by atoms with Crippen molar-refractivity contribution < 1.29 is 9.59 Å². The molecule has 0 aromatic carbocycles. The molecule has 0 radical (unpaired) electrons. The molecule has 0 spiro atoms. The first-order valence-electron chi connectivity index (χ1n) is 6.37. The third-order valence-corrected chi connectivity index (χ3v) is 3.11. The van der Waals surface area contributed by atoms with E-state index in [1.54, 1.807) is 12.4 Å². The summed E-state index contributed by atoms with van der Waals surface area (Å²) in [5.41, 5.74) is 1.68. The average molecular weight is 262 g/mol. The lowest BCUT2D eigenvalue weighted by Gasteiger charge is -2.28. The van der Waals surface area contributed by atoms with E-state index in [0.717, 1.165) is 17.9 Å².